The van der Waals surface area contributed by atoms with Crippen molar-refractivity contribution in [2.75, 3.05) is 20.7 Å². The molecule has 0 aromatic heterocycles. The molecule has 1 aromatic carbocycles. The molecule has 2 fully saturated rings. The van der Waals surface area contributed by atoms with Crippen LogP contribution in [0.15, 0.2) is 12.1 Å². The van der Waals surface area contributed by atoms with Crippen molar-refractivity contribution < 1.29 is 24.5 Å². The van der Waals surface area contributed by atoms with Gasteiger partial charge in [0.1, 0.15) is 5.60 Å². The summed E-state index contributed by atoms with van der Waals surface area (Å²) in [5, 5.41) is 22.5. The highest BCUT2D eigenvalue weighted by Gasteiger charge is 2.75. The zero-order chi connectivity index (χ0) is 16.9. The fourth-order valence-corrected chi connectivity index (χ4v) is 5.73. The molecule has 6 nitrogen and oxygen atoms in total. The Morgan fingerprint density at radius 2 is 2.17 bits per heavy atom. The number of likely N-dealkylation sites (N-methyl/N-ethyl adjacent to an activating group) is 1. The van der Waals surface area contributed by atoms with Gasteiger partial charge in [-0.25, -0.2) is 0 Å². The maximum absolute atomic E-state index is 12.7. The predicted octanol–water partition coefficient (Wildman–Crippen LogP) is 0.0190. The number of likely N-dealkylation sites (tertiary alicyclic amines) is 1. The largest absolute Gasteiger partial charge is 0.493 e. The average Bonchev–Trinajstić information content (AvgIpc) is 2.91. The Bertz CT molecular complexity index is 764. The molecule has 1 spiro atoms. The lowest BCUT2D eigenvalue weighted by Gasteiger charge is -2.63. The van der Waals surface area contributed by atoms with E-state index in [0.29, 0.717) is 24.3 Å². The van der Waals surface area contributed by atoms with Gasteiger partial charge < -0.3 is 24.6 Å². The average molecular weight is 331 g/mol. The normalized spacial score (nSPS) is 42.5. The van der Waals surface area contributed by atoms with E-state index in [9.17, 15) is 15.0 Å². The Morgan fingerprint density at radius 1 is 1.38 bits per heavy atom. The van der Waals surface area contributed by atoms with E-state index in [4.69, 9.17) is 9.47 Å². The van der Waals surface area contributed by atoms with Gasteiger partial charge in [-0.1, -0.05) is 6.07 Å². The summed E-state index contributed by atoms with van der Waals surface area (Å²) in [6, 6.07) is 3.64. The smallest absolute Gasteiger partial charge is 0.177 e. The number of benzene rings is 1. The summed E-state index contributed by atoms with van der Waals surface area (Å²) in [4.78, 5) is 14.8. The molecule has 1 aromatic rings. The first-order valence-electron chi connectivity index (χ1n) is 8.45. The second-order valence-electron chi connectivity index (χ2n) is 7.56. The van der Waals surface area contributed by atoms with E-state index in [1.165, 1.54) is 0 Å². The Balaban J connectivity index is 1.87. The van der Waals surface area contributed by atoms with Gasteiger partial charge in [0.25, 0.3) is 0 Å². The number of carbonyl (C=O) groups excluding carboxylic acids is 1. The lowest BCUT2D eigenvalue weighted by molar-refractivity contribution is -0.226. The molecule has 6 heteroatoms. The summed E-state index contributed by atoms with van der Waals surface area (Å²) in [5.74, 6) is 1.02. The quantitative estimate of drug-likeness (QED) is 0.755. The van der Waals surface area contributed by atoms with Gasteiger partial charge in [-0.15, -0.1) is 0 Å². The number of Topliss-reactive ketones (excluding diaryl/α,β-unsaturated/α-hetero) is 1. The fourth-order valence-electron chi connectivity index (χ4n) is 5.73. The van der Waals surface area contributed by atoms with Crippen molar-refractivity contribution in [2.45, 2.75) is 48.5 Å². The zero-order valence-electron chi connectivity index (χ0n) is 13.8. The number of methoxy groups -OCH3 is 1. The third-order valence-corrected chi connectivity index (χ3v) is 6.78. The van der Waals surface area contributed by atoms with Gasteiger partial charge in [-0.05, 0) is 38.1 Å². The molecule has 0 amide bonds. The molecule has 1 saturated heterocycles. The highest BCUT2D eigenvalue weighted by Crippen LogP contribution is 2.64. The number of carbonyl (C=O) groups is 1. The SMILES string of the molecule is COc1ccc2c3c1OC1C(=O)C[C@@H](O)[C@@]4(O)[C@@H](C2)N(C)CC[C@]314. The molecule has 5 atom stereocenters. The van der Waals surface area contributed by atoms with Crippen LogP contribution in [0.3, 0.4) is 0 Å². The van der Waals surface area contributed by atoms with Crippen LogP contribution in [0.1, 0.15) is 24.0 Å². The van der Waals surface area contributed by atoms with Gasteiger partial charge in [0.2, 0.25) is 0 Å². The first kappa shape index (κ1) is 14.7. The number of piperidine rings is 1. The van der Waals surface area contributed by atoms with Gasteiger partial charge in [0, 0.05) is 18.0 Å². The Hall–Kier alpha value is -1.63. The molecular weight excluding hydrogens is 310 g/mol. The number of aliphatic hydroxyl groups is 2. The molecule has 2 aliphatic carbocycles. The molecule has 1 unspecified atom stereocenters. The van der Waals surface area contributed by atoms with Crippen molar-refractivity contribution in [1.82, 2.24) is 4.90 Å². The molecule has 2 N–H and O–H groups in total. The Labute approximate surface area is 140 Å². The Kier molecular flexibility index (Phi) is 2.64. The summed E-state index contributed by atoms with van der Waals surface area (Å²) < 4.78 is 11.5. The number of ketones is 1. The maximum Gasteiger partial charge on any atom is 0.177 e. The number of aliphatic hydroxyl groups excluding tert-OH is 1. The summed E-state index contributed by atoms with van der Waals surface area (Å²) in [7, 11) is 3.54. The lowest BCUT2D eigenvalue weighted by Crippen LogP contribution is -2.80. The highest BCUT2D eigenvalue weighted by molar-refractivity contribution is 5.90. The van der Waals surface area contributed by atoms with Crippen LogP contribution in [0.25, 0.3) is 0 Å². The second kappa shape index (κ2) is 4.31. The van der Waals surface area contributed by atoms with E-state index in [1.807, 2.05) is 19.2 Å². The van der Waals surface area contributed by atoms with E-state index in [2.05, 4.69) is 4.90 Å². The minimum absolute atomic E-state index is 0.0705. The van der Waals surface area contributed by atoms with Gasteiger partial charge in [0.15, 0.2) is 23.4 Å². The van der Waals surface area contributed by atoms with E-state index >= 15 is 0 Å². The van der Waals surface area contributed by atoms with Crippen molar-refractivity contribution in [3.8, 4) is 11.5 Å². The van der Waals surface area contributed by atoms with E-state index in [1.54, 1.807) is 7.11 Å². The first-order valence-corrected chi connectivity index (χ1v) is 8.45. The van der Waals surface area contributed by atoms with Gasteiger partial charge >= 0.3 is 0 Å². The van der Waals surface area contributed by atoms with Crippen LogP contribution in [-0.2, 0) is 16.6 Å². The van der Waals surface area contributed by atoms with Crippen molar-refractivity contribution in [2.24, 2.45) is 0 Å². The molecule has 4 aliphatic rings. The monoisotopic (exact) mass is 331 g/mol. The molecule has 2 bridgehead atoms. The van der Waals surface area contributed by atoms with E-state index in [0.717, 1.165) is 17.7 Å². The van der Waals surface area contributed by atoms with E-state index in [-0.39, 0.29) is 18.2 Å². The van der Waals surface area contributed by atoms with E-state index < -0.39 is 23.2 Å². The molecule has 5 rings (SSSR count). The van der Waals surface area contributed by atoms with Crippen molar-refractivity contribution in [1.29, 1.82) is 0 Å². The Morgan fingerprint density at radius 3 is 2.92 bits per heavy atom. The molecule has 0 radical (unpaired) electrons. The molecule has 2 heterocycles. The number of hydrogen-bond acceptors (Lipinski definition) is 6. The summed E-state index contributed by atoms with van der Waals surface area (Å²) in [5.41, 5.74) is -0.304. The molecule has 2 aliphatic heterocycles. The maximum atomic E-state index is 12.7. The molecule has 1 saturated carbocycles. The van der Waals surface area contributed by atoms with Crippen molar-refractivity contribution >= 4 is 5.78 Å². The highest BCUT2D eigenvalue weighted by atomic mass is 16.5. The first-order chi connectivity index (χ1) is 11.4. The molecular formula is C18H21NO5. The molecule has 128 valence electrons. The summed E-state index contributed by atoms with van der Waals surface area (Å²) in [6.45, 7) is 0.753. The predicted molar refractivity (Wildman–Crippen MR) is 84.4 cm³/mol. The number of hydrogen-bond donors (Lipinski definition) is 2. The fraction of sp³-hybridized carbons (Fsp3) is 0.611. The van der Waals surface area contributed by atoms with Crippen molar-refractivity contribution in [3.63, 3.8) is 0 Å². The van der Waals surface area contributed by atoms with Crippen LogP contribution in [-0.4, -0.2) is 65.4 Å². The van der Waals surface area contributed by atoms with Crippen LogP contribution in [0.4, 0.5) is 0 Å². The van der Waals surface area contributed by atoms with Gasteiger partial charge in [0.05, 0.1) is 18.6 Å². The molecule has 24 heavy (non-hydrogen) atoms. The van der Waals surface area contributed by atoms with Gasteiger partial charge in [-0.2, -0.15) is 0 Å². The van der Waals surface area contributed by atoms with Crippen LogP contribution in [0.2, 0.25) is 0 Å². The van der Waals surface area contributed by atoms with Crippen LogP contribution in [0, 0.1) is 0 Å². The minimum Gasteiger partial charge on any atom is -0.493 e. The third kappa shape index (κ3) is 1.31. The third-order valence-electron chi connectivity index (χ3n) is 6.78. The summed E-state index contributed by atoms with van der Waals surface area (Å²) >= 11 is 0. The topological polar surface area (TPSA) is 79.2 Å². The van der Waals surface area contributed by atoms with Crippen molar-refractivity contribution in [3.05, 3.63) is 23.3 Å². The zero-order valence-corrected chi connectivity index (χ0v) is 13.8. The van der Waals surface area contributed by atoms with Crippen LogP contribution in [0.5, 0.6) is 11.5 Å². The lowest BCUT2D eigenvalue weighted by atomic mass is 9.48. The second-order valence-corrected chi connectivity index (χ2v) is 7.56. The number of nitrogens with zero attached hydrogens (tertiary/aromatic N) is 1. The number of rotatable bonds is 1. The summed E-state index contributed by atoms with van der Waals surface area (Å²) in [6.07, 6.45) is -0.686. The standard InChI is InChI=1S/C18H21NO5/c1-19-6-5-17-14-9-3-4-11(23-2)15(14)24-16(17)10(20)8-13(21)18(17,22)12(19)7-9/h3-4,12-13,16,21-22H,5-8H2,1-2H3/t12-,13-,16?,17+,18+/m1/s1. The number of ether oxygens (including phenoxy) is 2. The minimum atomic E-state index is -1.39. The van der Waals surface area contributed by atoms with Crippen LogP contribution >= 0.6 is 0 Å². The van der Waals surface area contributed by atoms with Gasteiger partial charge in [-0.3, -0.25) is 4.79 Å². The van der Waals surface area contributed by atoms with Crippen LogP contribution < -0.4 is 9.47 Å².